The van der Waals surface area contributed by atoms with Crippen LogP contribution < -0.4 is 10.6 Å². The first-order valence-electron chi connectivity index (χ1n) is 3.35. The van der Waals surface area contributed by atoms with Crippen LogP contribution in [0.5, 0.6) is 0 Å². The van der Waals surface area contributed by atoms with Crippen LogP contribution in [0.4, 0.5) is 11.8 Å². The summed E-state index contributed by atoms with van der Waals surface area (Å²) in [6.07, 6.45) is 1.41. The second-order valence-corrected chi connectivity index (χ2v) is 2.47. The third-order valence-electron chi connectivity index (χ3n) is 1.33. The first-order valence-corrected chi connectivity index (χ1v) is 3.35. The molecule has 0 radical (unpaired) electrons. The van der Waals surface area contributed by atoms with Gasteiger partial charge in [0.05, 0.1) is 6.20 Å². The van der Waals surface area contributed by atoms with Crippen molar-refractivity contribution in [3.05, 3.63) is 11.8 Å². The fraction of sp³-hybridized carbons (Fsp3) is 0.286. The average molecular weight is 163 g/mol. The molecule has 0 saturated heterocycles. The molecule has 0 saturated carbocycles. The van der Waals surface area contributed by atoms with E-state index in [1.165, 1.54) is 6.20 Å². The number of hydrogen-bond donors (Lipinski definition) is 1. The normalized spacial score (nSPS) is 9.08. The predicted molar refractivity (Wildman–Crippen MR) is 45.5 cm³/mol. The topological polar surface area (TPSA) is 78.8 Å². The number of aromatic nitrogens is 2. The quantitative estimate of drug-likeness (QED) is 0.630. The molecule has 1 aromatic heterocycles. The Hall–Kier alpha value is -1.83. The number of rotatable bonds is 1. The van der Waals surface area contributed by atoms with E-state index in [2.05, 4.69) is 9.97 Å². The highest BCUT2D eigenvalue weighted by atomic mass is 15.2. The van der Waals surface area contributed by atoms with Crippen LogP contribution in [0, 0.1) is 11.3 Å². The smallest absolute Gasteiger partial charge is 0.222 e. The predicted octanol–water partition coefficient (Wildman–Crippen LogP) is -0.00352. The van der Waals surface area contributed by atoms with Crippen molar-refractivity contribution in [3.63, 3.8) is 0 Å². The largest absolute Gasteiger partial charge is 0.368 e. The Kier molecular flexibility index (Phi) is 2.10. The zero-order valence-electron chi connectivity index (χ0n) is 6.94. The van der Waals surface area contributed by atoms with Crippen molar-refractivity contribution >= 4 is 11.8 Å². The Balaban J connectivity index is 3.24. The third kappa shape index (κ3) is 1.42. The van der Waals surface area contributed by atoms with Gasteiger partial charge >= 0.3 is 0 Å². The van der Waals surface area contributed by atoms with Crippen LogP contribution in [0.15, 0.2) is 6.20 Å². The summed E-state index contributed by atoms with van der Waals surface area (Å²) in [6, 6.07) is 1.98. The lowest BCUT2D eigenvalue weighted by Crippen LogP contribution is -2.14. The third-order valence-corrected chi connectivity index (χ3v) is 1.33. The SMILES string of the molecule is CN(C)c1nc(N)ncc1C#N. The number of hydrogen-bond acceptors (Lipinski definition) is 5. The summed E-state index contributed by atoms with van der Waals surface area (Å²) in [4.78, 5) is 9.34. The number of nitrogens with zero attached hydrogens (tertiary/aromatic N) is 4. The van der Waals surface area contributed by atoms with E-state index in [9.17, 15) is 0 Å². The van der Waals surface area contributed by atoms with E-state index in [0.717, 1.165) is 0 Å². The van der Waals surface area contributed by atoms with Gasteiger partial charge in [-0.3, -0.25) is 0 Å². The first kappa shape index (κ1) is 8.27. The van der Waals surface area contributed by atoms with Gasteiger partial charge in [0, 0.05) is 14.1 Å². The molecule has 0 atom stereocenters. The van der Waals surface area contributed by atoms with E-state index < -0.39 is 0 Å². The molecule has 0 aliphatic carbocycles. The van der Waals surface area contributed by atoms with Crippen molar-refractivity contribution in [2.75, 3.05) is 24.7 Å². The molecule has 0 aliphatic heterocycles. The molecule has 1 aromatic rings. The molecule has 1 heterocycles. The minimum Gasteiger partial charge on any atom is -0.368 e. The molecule has 5 heteroatoms. The van der Waals surface area contributed by atoms with E-state index in [1.807, 2.05) is 6.07 Å². The minimum atomic E-state index is 0.178. The summed E-state index contributed by atoms with van der Waals surface area (Å²) in [6.45, 7) is 0. The summed E-state index contributed by atoms with van der Waals surface area (Å²) in [5.41, 5.74) is 5.79. The molecular formula is C7H9N5. The van der Waals surface area contributed by atoms with Crippen LogP contribution in [0.25, 0.3) is 0 Å². The van der Waals surface area contributed by atoms with Gasteiger partial charge in [-0.15, -0.1) is 0 Å². The molecular weight excluding hydrogens is 154 g/mol. The molecule has 0 spiro atoms. The van der Waals surface area contributed by atoms with Crippen LogP contribution >= 0.6 is 0 Å². The summed E-state index contributed by atoms with van der Waals surface area (Å²) >= 11 is 0. The number of nitrogen functional groups attached to an aromatic ring is 1. The van der Waals surface area contributed by atoms with Crippen LogP contribution in [0.1, 0.15) is 5.56 Å². The second-order valence-electron chi connectivity index (χ2n) is 2.47. The van der Waals surface area contributed by atoms with Crippen molar-refractivity contribution in [1.82, 2.24) is 9.97 Å². The summed E-state index contributed by atoms with van der Waals surface area (Å²) in [5, 5.41) is 8.66. The van der Waals surface area contributed by atoms with E-state index in [1.54, 1.807) is 19.0 Å². The zero-order valence-corrected chi connectivity index (χ0v) is 6.94. The lowest BCUT2D eigenvalue weighted by atomic mass is 10.3. The Morgan fingerprint density at radius 1 is 1.58 bits per heavy atom. The first-order chi connectivity index (χ1) is 5.65. The van der Waals surface area contributed by atoms with E-state index in [4.69, 9.17) is 11.0 Å². The number of nitrogens with two attached hydrogens (primary N) is 1. The molecule has 62 valence electrons. The standard InChI is InChI=1S/C7H9N5/c1-12(2)6-5(3-8)4-10-7(9)11-6/h4H,1-2H3,(H2,9,10,11). The molecule has 0 aromatic carbocycles. The Morgan fingerprint density at radius 3 is 2.75 bits per heavy atom. The number of anilines is 2. The van der Waals surface area contributed by atoms with Gasteiger partial charge in [0.25, 0.3) is 0 Å². The Morgan fingerprint density at radius 2 is 2.25 bits per heavy atom. The van der Waals surface area contributed by atoms with Gasteiger partial charge in [-0.05, 0) is 0 Å². The van der Waals surface area contributed by atoms with Crippen molar-refractivity contribution in [1.29, 1.82) is 5.26 Å². The molecule has 0 unspecified atom stereocenters. The molecule has 0 fully saturated rings. The van der Waals surface area contributed by atoms with Gasteiger partial charge in [-0.25, -0.2) is 4.98 Å². The molecule has 12 heavy (non-hydrogen) atoms. The van der Waals surface area contributed by atoms with Crippen molar-refractivity contribution in [3.8, 4) is 6.07 Å². The molecule has 0 bridgehead atoms. The molecule has 0 aliphatic rings. The van der Waals surface area contributed by atoms with Crippen molar-refractivity contribution < 1.29 is 0 Å². The van der Waals surface area contributed by atoms with E-state index in [-0.39, 0.29) is 5.95 Å². The van der Waals surface area contributed by atoms with E-state index in [0.29, 0.717) is 11.4 Å². The fourth-order valence-corrected chi connectivity index (χ4v) is 0.806. The Labute approximate surface area is 70.5 Å². The maximum absolute atomic E-state index is 8.66. The lowest BCUT2D eigenvalue weighted by molar-refractivity contribution is 1.04. The average Bonchev–Trinajstić information content (AvgIpc) is 2.04. The van der Waals surface area contributed by atoms with Gasteiger partial charge in [0.2, 0.25) is 5.95 Å². The highest BCUT2D eigenvalue weighted by Crippen LogP contribution is 2.13. The van der Waals surface area contributed by atoms with Crippen LogP contribution in [0.3, 0.4) is 0 Å². The minimum absolute atomic E-state index is 0.178. The van der Waals surface area contributed by atoms with Crippen molar-refractivity contribution in [2.24, 2.45) is 0 Å². The lowest BCUT2D eigenvalue weighted by Gasteiger charge is -2.11. The van der Waals surface area contributed by atoms with Gasteiger partial charge in [-0.1, -0.05) is 0 Å². The second kappa shape index (κ2) is 3.05. The van der Waals surface area contributed by atoms with Gasteiger partial charge < -0.3 is 10.6 Å². The highest BCUT2D eigenvalue weighted by molar-refractivity contribution is 5.53. The van der Waals surface area contributed by atoms with Gasteiger partial charge in [-0.2, -0.15) is 10.2 Å². The maximum atomic E-state index is 8.66. The van der Waals surface area contributed by atoms with Crippen molar-refractivity contribution in [2.45, 2.75) is 0 Å². The van der Waals surface area contributed by atoms with Crippen LogP contribution in [0.2, 0.25) is 0 Å². The molecule has 1 rings (SSSR count). The van der Waals surface area contributed by atoms with Crippen LogP contribution in [-0.2, 0) is 0 Å². The Bertz CT molecular complexity index is 325. The van der Waals surface area contributed by atoms with E-state index >= 15 is 0 Å². The fourth-order valence-electron chi connectivity index (χ4n) is 0.806. The van der Waals surface area contributed by atoms with Gasteiger partial charge in [0.1, 0.15) is 11.6 Å². The van der Waals surface area contributed by atoms with Crippen LogP contribution in [-0.4, -0.2) is 24.1 Å². The summed E-state index contributed by atoms with van der Waals surface area (Å²) in [5.74, 6) is 0.725. The zero-order chi connectivity index (χ0) is 9.14. The summed E-state index contributed by atoms with van der Waals surface area (Å²) < 4.78 is 0. The number of nitriles is 1. The van der Waals surface area contributed by atoms with Gasteiger partial charge in [0.15, 0.2) is 5.82 Å². The highest BCUT2D eigenvalue weighted by Gasteiger charge is 2.06. The molecule has 5 nitrogen and oxygen atoms in total. The molecule has 0 amide bonds. The monoisotopic (exact) mass is 163 g/mol. The summed E-state index contributed by atoms with van der Waals surface area (Å²) in [7, 11) is 3.59. The molecule has 2 N–H and O–H groups in total. The maximum Gasteiger partial charge on any atom is 0.222 e.